The molecule has 1 aliphatic heterocycles. The van der Waals surface area contributed by atoms with Gasteiger partial charge in [0.15, 0.2) is 11.5 Å². The Morgan fingerprint density at radius 1 is 1.00 bits per heavy atom. The van der Waals surface area contributed by atoms with Gasteiger partial charge in [-0.15, -0.1) is 0 Å². The third-order valence-electron chi connectivity index (χ3n) is 5.36. The van der Waals surface area contributed by atoms with Crippen molar-refractivity contribution in [3.8, 4) is 11.5 Å². The first kappa shape index (κ1) is 20.6. The highest BCUT2D eigenvalue weighted by molar-refractivity contribution is 5.46. The van der Waals surface area contributed by atoms with Crippen LogP contribution in [-0.2, 0) is 13.1 Å². The van der Waals surface area contributed by atoms with Gasteiger partial charge in [-0.1, -0.05) is 30.3 Å². The predicted molar refractivity (Wildman–Crippen MR) is 107 cm³/mol. The van der Waals surface area contributed by atoms with Crippen LogP contribution in [0.15, 0.2) is 42.5 Å². The van der Waals surface area contributed by atoms with Gasteiger partial charge in [-0.3, -0.25) is 9.80 Å². The van der Waals surface area contributed by atoms with E-state index in [-0.39, 0.29) is 18.5 Å². The molecule has 2 aromatic rings. The number of methoxy groups -OCH3 is 2. The van der Waals surface area contributed by atoms with Gasteiger partial charge in [0.25, 0.3) is 0 Å². The average molecular weight is 388 g/mol. The molecule has 0 radical (unpaired) electrons. The van der Waals surface area contributed by atoms with Crippen LogP contribution in [0.25, 0.3) is 0 Å². The van der Waals surface area contributed by atoms with Gasteiger partial charge in [-0.05, 0) is 18.6 Å². The van der Waals surface area contributed by atoms with Gasteiger partial charge < -0.3 is 14.6 Å². The minimum atomic E-state index is -0.172. The van der Waals surface area contributed by atoms with E-state index in [9.17, 15) is 9.50 Å². The smallest absolute Gasteiger partial charge is 0.165 e. The van der Waals surface area contributed by atoms with Gasteiger partial charge in [0.2, 0.25) is 0 Å². The van der Waals surface area contributed by atoms with Crippen LogP contribution in [0.4, 0.5) is 4.39 Å². The van der Waals surface area contributed by atoms with E-state index in [1.165, 1.54) is 6.07 Å². The molecule has 1 atom stereocenters. The number of aliphatic hydroxyl groups excluding tert-OH is 1. The molecule has 1 heterocycles. The van der Waals surface area contributed by atoms with Crippen molar-refractivity contribution in [1.29, 1.82) is 0 Å². The lowest BCUT2D eigenvalue weighted by atomic mass is 10.1. The minimum Gasteiger partial charge on any atom is -0.493 e. The summed E-state index contributed by atoms with van der Waals surface area (Å²) in [5, 5.41) is 9.53. The molecule has 0 bridgehead atoms. The molecule has 0 saturated carbocycles. The zero-order valence-corrected chi connectivity index (χ0v) is 16.6. The molecule has 1 aliphatic rings. The van der Waals surface area contributed by atoms with Crippen molar-refractivity contribution in [2.45, 2.75) is 25.6 Å². The Balaban J connectivity index is 1.70. The van der Waals surface area contributed by atoms with Crippen LogP contribution in [0.2, 0.25) is 0 Å². The molecule has 5 nitrogen and oxygen atoms in total. The maximum Gasteiger partial charge on any atom is 0.165 e. The quantitative estimate of drug-likeness (QED) is 0.753. The number of ether oxygens (including phenoxy) is 2. The van der Waals surface area contributed by atoms with Crippen LogP contribution in [0.5, 0.6) is 11.5 Å². The highest BCUT2D eigenvalue weighted by Gasteiger charge is 2.28. The molecule has 6 heteroatoms. The monoisotopic (exact) mass is 388 g/mol. The van der Waals surface area contributed by atoms with Gasteiger partial charge in [0, 0.05) is 56.5 Å². The first-order valence-corrected chi connectivity index (χ1v) is 9.66. The van der Waals surface area contributed by atoms with E-state index >= 15 is 0 Å². The summed E-state index contributed by atoms with van der Waals surface area (Å²) in [5.41, 5.74) is 1.78. The van der Waals surface area contributed by atoms with E-state index in [4.69, 9.17) is 9.47 Å². The van der Waals surface area contributed by atoms with Crippen molar-refractivity contribution in [3.63, 3.8) is 0 Å². The molecule has 1 fully saturated rings. The molecule has 0 amide bonds. The van der Waals surface area contributed by atoms with Gasteiger partial charge in [0.1, 0.15) is 5.82 Å². The van der Waals surface area contributed by atoms with E-state index in [2.05, 4.69) is 9.80 Å². The van der Waals surface area contributed by atoms with Crippen LogP contribution >= 0.6 is 0 Å². The zero-order chi connectivity index (χ0) is 19.9. The second kappa shape index (κ2) is 9.87. The first-order valence-electron chi connectivity index (χ1n) is 9.66. The largest absolute Gasteiger partial charge is 0.493 e. The van der Waals surface area contributed by atoms with Crippen LogP contribution in [0.3, 0.4) is 0 Å². The molecular formula is C22H29FN2O3. The molecule has 1 N–H and O–H groups in total. The van der Waals surface area contributed by atoms with E-state index in [1.807, 2.05) is 30.3 Å². The summed E-state index contributed by atoms with van der Waals surface area (Å²) < 4.78 is 25.0. The topological polar surface area (TPSA) is 45.2 Å². The lowest BCUT2D eigenvalue weighted by molar-refractivity contribution is 0.0489. The third kappa shape index (κ3) is 4.82. The molecule has 1 saturated heterocycles. The summed E-state index contributed by atoms with van der Waals surface area (Å²) >= 11 is 0. The standard InChI is InChI=1S/C22H29FN2O3/c1-27-21-9-5-7-18(22(21)28-2)14-24-11-12-25(19(16-24)10-13-26)15-17-6-3-4-8-20(17)23/h3-9,19,26H,10-16H2,1-2H3/t19-/m1/s1. The van der Waals surface area contributed by atoms with E-state index in [0.29, 0.717) is 18.5 Å². The van der Waals surface area contributed by atoms with Crippen molar-refractivity contribution in [3.05, 3.63) is 59.4 Å². The van der Waals surface area contributed by atoms with E-state index in [1.54, 1.807) is 20.3 Å². The molecule has 0 spiro atoms. The van der Waals surface area contributed by atoms with Crippen molar-refractivity contribution in [2.24, 2.45) is 0 Å². The van der Waals surface area contributed by atoms with Crippen molar-refractivity contribution >= 4 is 0 Å². The number of hydrogen-bond donors (Lipinski definition) is 1. The summed E-state index contributed by atoms with van der Waals surface area (Å²) in [6.45, 7) is 3.94. The number of benzene rings is 2. The number of piperazine rings is 1. The lowest BCUT2D eigenvalue weighted by Gasteiger charge is -2.41. The van der Waals surface area contributed by atoms with Crippen LogP contribution in [0.1, 0.15) is 17.5 Å². The summed E-state index contributed by atoms with van der Waals surface area (Å²) in [6, 6.07) is 13.0. The van der Waals surface area contributed by atoms with E-state index in [0.717, 1.165) is 43.2 Å². The molecule has 3 rings (SSSR count). The molecule has 0 aliphatic carbocycles. The number of halogens is 1. The molecule has 2 aromatic carbocycles. The number of rotatable bonds is 8. The highest BCUT2D eigenvalue weighted by atomic mass is 19.1. The number of para-hydroxylation sites is 1. The Kier molecular flexibility index (Phi) is 7.25. The van der Waals surface area contributed by atoms with Gasteiger partial charge in [-0.2, -0.15) is 0 Å². The maximum absolute atomic E-state index is 14.1. The van der Waals surface area contributed by atoms with Gasteiger partial charge >= 0.3 is 0 Å². The number of aliphatic hydroxyl groups is 1. The fourth-order valence-electron chi connectivity index (χ4n) is 3.90. The minimum absolute atomic E-state index is 0.120. The van der Waals surface area contributed by atoms with Crippen molar-refractivity contribution < 1.29 is 19.0 Å². The van der Waals surface area contributed by atoms with Crippen LogP contribution in [-0.4, -0.2) is 61.4 Å². The number of hydrogen-bond acceptors (Lipinski definition) is 5. The van der Waals surface area contributed by atoms with Crippen LogP contribution in [0, 0.1) is 5.82 Å². The molecular weight excluding hydrogens is 359 g/mol. The summed E-state index contributed by atoms with van der Waals surface area (Å²) in [6.07, 6.45) is 0.667. The molecule has 0 unspecified atom stereocenters. The maximum atomic E-state index is 14.1. The second-order valence-corrected chi connectivity index (χ2v) is 7.12. The summed E-state index contributed by atoms with van der Waals surface area (Å²) in [7, 11) is 3.29. The predicted octanol–water partition coefficient (Wildman–Crippen LogP) is 2.91. The Hall–Kier alpha value is -2.15. The SMILES string of the molecule is COc1cccc(CN2CCN(Cc3ccccc3F)[C@H](CCO)C2)c1OC. The third-order valence-corrected chi connectivity index (χ3v) is 5.36. The van der Waals surface area contributed by atoms with Crippen molar-refractivity contribution in [2.75, 3.05) is 40.5 Å². The Morgan fingerprint density at radius 3 is 2.50 bits per heavy atom. The lowest BCUT2D eigenvalue weighted by Crippen LogP contribution is -2.52. The fraction of sp³-hybridized carbons (Fsp3) is 0.455. The highest BCUT2D eigenvalue weighted by Crippen LogP contribution is 2.32. The Morgan fingerprint density at radius 2 is 1.79 bits per heavy atom. The first-order chi connectivity index (χ1) is 13.7. The van der Waals surface area contributed by atoms with Crippen LogP contribution < -0.4 is 9.47 Å². The van der Waals surface area contributed by atoms with Crippen molar-refractivity contribution in [1.82, 2.24) is 9.80 Å². The molecule has 28 heavy (non-hydrogen) atoms. The normalized spacial score (nSPS) is 18.2. The zero-order valence-electron chi connectivity index (χ0n) is 16.6. The summed E-state index contributed by atoms with van der Waals surface area (Å²) in [4.78, 5) is 4.63. The van der Waals surface area contributed by atoms with E-state index < -0.39 is 0 Å². The molecule has 0 aromatic heterocycles. The second-order valence-electron chi connectivity index (χ2n) is 7.12. The Labute approximate surface area is 166 Å². The fourth-order valence-corrected chi connectivity index (χ4v) is 3.90. The summed E-state index contributed by atoms with van der Waals surface area (Å²) in [5.74, 6) is 1.32. The van der Waals surface area contributed by atoms with Gasteiger partial charge in [0.05, 0.1) is 14.2 Å². The molecule has 152 valence electrons. The number of nitrogens with zero attached hydrogens (tertiary/aromatic N) is 2. The van der Waals surface area contributed by atoms with Gasteiger partial charge in [-0.25, -0.2) is 4.39 Å². The average Bonchev–Trinajstić information content (AvgIpc) is 2.71. The Bertz CT molecular complexity index is 771.